The Morgan fingerprint density at radius 1 is 1.28 bits per heavy atom. The first-order chi connectivity index (χ1) is 8.47. The Balaban J connectivity index is 2.34. The van der Waals surface area contributed by atoms with Crippen molar-refractivity contribution in [3.63, 3.8) is 0 Å². The Labute approximate surface area is 107 Å². The fourth-order valence-corrected chi connectivity index (χ4v) is 1.81. The summed E-state index contributed by atoms with van der Waals surface area (Å²) in [7, 11) is 3.89. The van der Waals surface area contributed by atoms with Gasteiger partial charge < -0.3 is 34.8 Å². The van der Waals surface area contributed by atoms with Gasteiger partial charge in [0.2, 0.25) is 0 Å². The van der Waals surface area contributed by atoms with E-state index in [0.29, 0.717) is 6.61 Å². The van der Waals surface area contributed by atoms with Gasteiger partial charge in [0.15, 0.2) is 6.29 Å². The van der Waals surface area contributed by atoms with E-state index in [1.165, 1.54) is 0 Å². The highest BCUT2D eigenvalue weighted by Crippen LogP contribution is 2.24. The fraction of sp³-hybridized carbons (Fsp3) is 1.00. The first-order valence-electron chi connectivity index (χ1n) is 6.04. The molecule has 0 aromatic heterocycles. The van der Waals surface area contributed by atoms with Gasteiger partial charge in [-0.3, -0.25) is 0 Å². The number of rotatable bonds is 7. The number of aliphatic hydroxyl groups excluding tert-OH is 4. The number of hydrogen-bond acceptors (Lipinski definition) is 7. The highest BCUT2D eigenvalue weighted by atomic mass is 16.7. The van der Waals surface area contributed by atoms with Crippen LogP contribution in [0, 0.1) is 0 Å². The Bertz CT molecular complexity index is 240. The van der Waals surface area contributed by atoms with Crippen LogP contribution in [-0.4, -0.2) is 89.9 Å². The maximum absolute atomic E-state index is 9.68. The van der Waals surface area contributed by atoms with Crippen LogP contribution in [0.1, 0.15) is 6.42 Å². The lowest BCUT2D eigenvalue weighted by Crippen LogP contribution is -2.40. The van der Waals surface area contributed by atoms with Crippen LogP contribution in [0.3, 0.4) is 0 Å². The smallest absolute Gasteiger partial charge is 0.186 e. The van der Waals surface area contributed by atoms with Crippen LogP contribution in [-0.2, 0) is 9.47 Å². The highest BCUT2D eigenvalue weighted by molar-refractivity contribution is 4.90. The molecule has 7 heteroatoms. The Kier molecular flexibility index (Phi) is 6.44. The van der Waals surface area contributed by atoms with Crippen molar-refractivity contribution in [2.24, 2.45) is 0 Å². The minimum Gasteiger partial charge on any atom is -0.394 e. The van der Waals surface area contributed by atoms with Crippen LogP contribution in [0.2, 0.25) is 0 Å². The molecule has 1 fully saturated rings. The summed E-state index contributed by atoms with van der Waals surface area (Å²) in [5, 5.41) is 37.5. The van der Waals surface area contributed by atoms with Crippen molar-refractivity contribution in [2.75, 3.05) is 33.9 Å². The van der Waals surface area contributed by atoms with Gasteiger partial charge >= 0.3 is 0 Å². The summed E-state index contributed by atoms with van der Waals surface area (Å²) in [6.45, 7) is 0.685. The zero-order valence-corrected chi connectivity index (χ0v) is 10.8. The molecule has 1 heterocycles. The Morgan fingerprint density at radius 2 is 1.94 bits per heavy atom. The van der Waals surface area contributed by atoms with Crippen molar-refractivity contribution in [3.8, 4) is 0 Å². The van der Waals surface area contributed by atoms with Gasteiger partial charge in [-0.15, -0.1) is 0 Å². The van der Waals surface area contributed by atoms with E-state index >= 15 is 0 Å². The molecule has 1 rings (SSSR count). The molecule has 18 heavy (non-hydrogen) atoms. The van der Waals surface area contributed by atoms with Crippen molar-refractivity contribution in [2.45, 2.75) is 37.1 Å². The molecule has 0 bridgehead atoms. The molecule has 7 nitrogen and oxygen atoms in total. The van der Waals surface area contributed by atoms with Crippen LogP contribution in [0.25, 0.3) is 0 Å². The van der Waals surface area contributed by atoms with Gasteiger partial charge in [-0.2, -0.15) is 0 Å². The van der Waals surface area contributed by atoms with E-state index in [4.69, 9.17) is 14.6 Å². The zero-order chi connectivity index (χ0) is 13.7. The van der Waals surface area contributed by atoms with Crippen molar-refractivity contribution < 1.29 is 29.9 Å². The van der Waals surface area contributed by atoms with Crippen LogP contribution < -0.4 is 0 Å². The molecule has 1 unspecified atom stereocenters. The maximum Gasteiger partial charge on any atom is 0.186 e. The average Bonchev–Trinajstić information content (AvgIpc) is 2.61. The van der Waals surface area contributed by atoms with Gasteiger partial charge in [0.1, 0.15) is 24.4 Å². The quantitative estimate of drug-likeness (QED) is 0.386. The van der Waals surface area contributed by atoms with E-state index in [9.17, 15) is 15.3 Å². The van der Waals surface area contributed by atoms with E-state index in [-0.39, 0.29) is 0 Å². The van der Waals surface area contributed by atoms with Crippen LogP contribution in [0.15, 0.2) is 0 Å². The topological polar surface area (TPSA) is 103 Å². The van der Waals surface area contributed by atoms with E-state index in [1.807, 2.05) is 19.0 Å². The zero-order valence-electron chi connectivity index (χ0n) is 10.8. The molecule has 108 valence electrons. The van der Waals surface area contributed by atoms with Gasteiger partial charge in [-0.25, -0.2) is 0 Å². The predicted octanol–water partition coefficient (Wildman–Crippen LogP) is -2.25. The normalized spacial score (nSPS) is 34.2. The average molecular weight is 265 g/mol. The molecule has 0 amide bonds. The van der Waals surface area contributed by atoms with Crippen LogP contribution in [0.4, 0.5) is 0 Å². The first kappa shape index (κ1) is 15.8. The van der Waals surface area contributed by atoms with Crippen molar-refractivity contribution >= 4 is 0 Å². The van der Waals surface area contributed by atoms with Crippen molar-refractivity contribution in [1.29, 1.82) is 0 Å². The van der Waals surface area contributed by atoms with Gasteiger partial charge in [0.05, 0.1) is 13.2 Å². The van der Waals surface area contributed by atoms with Crippen molar-refractivity contribution in [1.82, 2.24) is 4.90 Å². The molecule has 0 radical (unpaired) electrons. The van der Waals surface area contributed by atoms with E-state index in [1.54, 1.807) is 0 Å². The second-order valence-corrected chi connectivity index (χ2v) is 4.73. The van der Waals surface area contributed by atoms with Gasteiger partial charge in [0.25, 0.3) is 0 Å². The summed E-state index contributed by atoms with van der Waals surface area (Å²) < 4.78 is 10.5. The number of nitrogens with zero attached hydrogens (tertiary/aromatic N) is 1. The molecule has 0 saturated carbocycles. The maximum atomic E-state index is 9.68. The molecule has 0 aliphatic carbocycles. The van der Waals surface area contributed by atoms with E-state index in [0.717, 1.165) is 13.0 Å². The highest BCUT2D eigenvalue weighted by Gasteiger charge is 2.46. The van der Waals surface area contributed by atoms with Gasteiger partial charge in [0, 0.05) is 0 Å². The lowest BCUT2D eigenvalue weighted by Gasteiger charge is -2.18. The standard InChI is InChI=1S/C11H23NO6/c1-12(2)4-3-5-17-11-9(16)8(15)10(18-11)7(14)6-13/h7-11,13-16H,3-6H2,1-2H3/t7-,8-,9-,10-,11?/m1/s1. The Morgan fingerprint density at radius 3 is 2.50 bits per heavy atom. The van der Waals surface area contributed by atoms with Crippen molar-refractivity contribution in [3.05, 3.63) is 0 Å². The second kappa shape index (κ2) is 7.34. The van der Waals surface area contributed by atoms with Gasteiger partial charge in [-0.05, 0) is 27.1 Å². The second-order valence-electron chi connectivity index (χ2n) is 4.73. The fourth-order valence-electron chi connectivity index (χ4n) is 1.81. The SMILES string of the molecule is CN(C)CCCOC1O[C@H]([C@H](O)CO)[C@H](O)[C@H]1O. The molecule has 1 saturated heterocycles. The predicted molar refractivity (Wildman–Crippen MR) is 62.9 cm³/mol. The lowest BCUT2D eigenvalue weighted by atomic mass is 10.1. The lowest BCUT2D eigenvalue weighted by molar-refractivity contribution is -0.181. The van der Waals surface area contributed by atoms with Gasteiger partial charge in [-0.1, -0.05) is 0 Å². The van der Waals surface area contributed by atoms with Crippen LogP contribution >= 0.6 is 0 Å². The van der Waals surface area contributed by atoms with Crippen LogP contribution in [0.5, 0.6) is 0 Å². The molecular formula is C11H23NO6. The third-order valence-corrected chi connectivity index (χ3v) is 2.85. The molecule has 1 aliphatic heterocycles. The minimum atomic E-state index is -1.26. The monoisotopic (exact) mass is 265 g/mol. The summed E-state index contributed by atoms with van der Waals surface area (Å²) in [6.07, 6.45) is -4.92. The largest absolute Gasteiger partial charge is 0.394 e. The Hall–Kier alpha value is -0.280. The molecule has 4 N–H and O–H groups in total. The molecule has 0 aromatic rings. The van der Waals surface area contributed by atoms with E-state index in [2.05, 4.69) is 0 Å². The third kappa shape index (κ3) is 4.13. The molecule has 5 atom stereocenters. The summed E-state index contributed by atoms with van der Waals surface area (Å²) >= 11 is 0. The number of hydrogen-bond donors (Lipinski definition) is 4. The summed E-state index contributed by atoms with van der Waals surface area (Å²) in [6, 6.07) is 0. The minimum absolute atomic E-state index is 0.383. The number of aliphatic hydroxyl groups is 4. The molecule has 1 aliphatic rings. The molecule has 0 aromatic carbocycles. The number of ether oxygens (including phenoxy) is 2. The summed E-state index contributed by atoms with van der Waals surface area (Å²) in [5.74, 6) is 0. The van der Waals surface area contributed by atoms with E-state index < -0.39 is 37.3 Å². The molecular weight excluding hydrogens is 242 g/mol. The summed E-state index contributed by atoms with van der Waals surface area (Å²) in [4.78, 5) is 2.00. The summed E-state index contributed by atoms with van der Waals surface area (Å²) in [5.41, 5.74) is 0. The molecule has 0 spiro atoms. The third-order valence-electron chi connectivity index (χ3n) is 2.85. The first-order valence-corrected chi connectivity index (χ1v) is 6.04.